The molecule has 0 bridgehead atoms. The number of hydrogen-bond donors (Lipinski definition) is 1. The van der Waals surface area contributed by atoms with Gasteiger partial charge in [0.25, 0.3) is 5.91 Å². The first-order valence-corrected chi connectivity index (χ1v) is 8.24. The molecule has 104 valence electrons. The molecular formula is C13H9BrCl2N2OS. The highest BCUT2D eigenvalue weighted by atomic mass is 79.9. The number of thioether (sulfide) groups is 1. The fourth-order valence-corrected chi connectivity index (χ4v) is 2.59. The number of pyridine rings is 1. The van der Waals surface area contributed by atoms with Crippen LogP contribution in [0.3, 0.4) is 0 Å². The molecule has 0 atom stereocenters. The van der Waals surface area contributed by atoms with Crippen LogP contribution in [0.5, 0.6) is 0 Å². The maximum Gasteiger partial charge on any atom is 0.257 e. The predicted molar refractivity (Wildman–Crippen MR) is 88.1 cm³/mol. The van der Waals surface area contributed by atoms with Gasteiger partial charge in [0.15, 0.2) is 0 Å². The van der Waals surface area contributed by atoms with Gasteiger partial charge in [0.2, 0.25) is 0 Å². The van der Waals surface area contributed by atoms with Crippen molar-refractivity contribution in [2.75, 3.05) is 11.6 Å². The molecular weight excluding hydrogens is 383 g/mol. The average molecular weight is 392 g/mol. The topological polar surface area (TPSA) is 42.0 Å². The van der Waals surface area contributed by atoms with Crippen molar-refractivity contribution in [1.82, 2.24) is 4.98 Å². The molecule has 0 unspecified atom stereocenters. The van der Waals surface area contributed by atoms with E-state index in [1.54, 1.807) is 30.0 Å². The fourth-order valence-electron chi connectivity index (χ4n) is 1.49. The van der Waals surface area contributed by atoms with Gasteiger partial charge in [0, 0.05) is 4.90 Å². The predicted octanol–water partition coefficient (Wildman–Crippen LogP) is 5.13. The van der Waals surface area contributed by atoms with E-state index in [2.05, 4.69) is 26.2 Å². The smallest absolute Gasteiger partial charge is 0.257 e. The van der Waals surface area contributed by atoms with E-state index in [-0.39, 0.29) is 5.91 Å². The summed E-state index contributed by atoms with van der Waals surface area (Å²) in [7, 11) is 0. The maximum absolute atomic E-state index is 12.2. The molecule has 0 aliphatic rings. The lowest BCUT2D eigenvalue weighted by atomic mass is 10.2. The van der Waals surface area contributed by atoms with Crippen LogP contribution in [0.2, 0.25) is 10.2 Å². The van der Waals surface area contributed by atoms with Gasteiger partial charge in [-0.05, 0) is 46.5 Å². The Morgan fingerprint density at radius 1 is 1.35 bits per heavy atom. The monoisotopic (exact) mass is 390 g/mol. The zero-order valence-electron chi connectivity index (χ0n) is 10.3. The Balaban J connectivity index is 2.25. The van der Waals surface area contributed by atoms with Gasteiger partial charge in [0.05, 0.1) is 26.9 Å². The Hall–Kier alpha value is -0.750. The van der Waals surface area contributed by atoms with Gasteiger partial charge in [-0.2, -0.15) is 0 Å². The summed E-state index contributed by atoms with van der Waals surface area (Å²) in [6.45, 7) is 0. The average Bonchev–Trinajstić information content (AvgIpc) is 2.43. The Kier molecular flexibility index (Phi) is 5.32. The number of amides is 1. The van der Waals surface area contributed by atoms with Gasteiger partial charge in [-0.3, -0.25) is 4.79 Å². The van der Waals surface area contributed by atoms with E-state index in [1.807, 2.05) is 12.3 Å². The number of aromatic nitrogens is 1. The second-order valence-corrected chi connectivity index (χ2v) is 6.30. The number of carbonyl (C=O) groups excluding carboxylic acids is 1. The molecule has 2 aromatic rings. The fraction of sp³-hybridized carbons (Fsp3) is 0.0769. The van der Waals surface area contributed by atoms with Gasteiger partial charge in [-0.15, -0.1) is 11.8 Å². The molecule has 1 aromatic carbocycles. The summed E-state index contributed by atoms with van der Waals surface area (Å²) in [5, 5.41) is 3.48. The zero-order chi connectivity index (χ0) is 14.7. The van der Waals surface area contributed by atoms with Crippen LogP contribution < -0.4 is 5.32 Å². The van der Waals surface area contributed by atoms with Crippen LogP contribution in [0.15, 0.2) is 39.8 Å². The lowest BCUT2D eigenvalue weighted by Crippen LogP contribution is -2.12. The van der Waals surface area contributed by atoms with E-state index in [1.165, 1.54) is 6.20 Å². The first-order valence-electron chi connectivity index (χ1n) is 5.47. The molecule has 20 heavy (non-hydrogen) atoms. The SMILES string of the molecule is CSc1ccc(Cl)c(C(=O)Nc2cnc(Cl)c(Br)c2)c1. The number of anilines is 1. The van der Waals surface area contributed by atoms with Crippen molar-refractivity contribution < 1.29 is 4.79 Å². The van der Waals surface area contributed by atoms with E-state index in [0.29, 0.717) is 25.9 Å². The van der Waals surface area contributed by atoms with Crippen molar-refractivity contribution >= 4 is 62.5 Å². The molecule has 2 rings (SSSR count). The van der Waals surface area contributed by atoms with E-state index < -0.39 is 0 Å². The summed E-state index contributed by atoms with van der Waals surface area (Å²) in [4.78, 5) is 17.1. The largest absolute Gasteiger partial charge is 0.321 e. The Bertz CT molecular complexity index is 667. The summed E-state index contributed by atoms with van der Waals surface area (Å²) < 4.78 is 0.612. The number of carbonyl (C=O) groups is 1. The molecule has 1 heterocycles. The second-order valence-electron chi connectivity index (χ2n) is 3.80. The highest BCUT2D eigenvalue weighted by Gasteiger charge is 2.12. The van der Waals surface area contributed by atoms with Gasteiger partial charge in [-0.25, -0.2) is 4.98 Å². The quantitative estimate of drug-likeness (QED) is 0.582. The molecule has 0 spiro atoms. The molecule has 0 fully saturated rings. The number of benzene rings is 1. The molecule has 0 radical (unpaired) electrons. The third-order valence-electron chi connectivity index (χ3n) is 2.47. The number of nitrogens with zero attached hydrogens (tertiary/aromatic N) is 1. The van der Waals surface area contributed by atoms with Crippen LogP contribution >= 0.6 is 50.9 Å². The summed E-state index contributed by atoms with van der Waals surface area (Å²) >= 11 is 16.7. The van der Waals surface area contributed by atoms with E-state index in [4.69, 9.17) is 23.2 Å². The molecule has 0 saturated carbocycles. The van der Waals surface area contributed by atoms with Crippen molar-refractivity contribution in [3.05, 3.63) is 50.7 Å². The van der Waals surface area contributed by atoms with Crippen molar-refractivity contribution in [2.24, 2.45) is 0 Å². The number of halogens is 3. The van der Waals surface area contributed by atoms with Gasteiger partial charge in [-0.1, -0.05) is 23.2 Å². The Labute approximate surface area is 139 Å². The molecule has 0 aliphatic carbocycles. The molecule has 0 aliphatic heterocycles. The van der Waals surface area contributed by atoms with Crippen LogP contribution in [0.1, 0.15) is 10.4 Å². The third kappa shape index (κ3) is 3.67. The van der Waals surface area contributed by atoms with Gasteiger partial charge in [0.1, 0.15) is 5.15 Å². The van der Waals surface area contributed by atoms with Crippen LogP contribution in [0, 0.1) is 0 Å². The number of hydrogen-bond acceptors (Lipinski definition) is 3. The van der Waals surface area contributed by atoms with Gasteiger partial charge < -0.3 is 5.32 Å². The van der Waals surface area contributed by atoms with Crippen LogP contribution in [-0.2, 0) is 0 Å². The summed E-state index contributed by atoms with van der Waals surface area (Å²) in [5.41, 5.74) is 0.960. The molecule has 1 amide bonds. The molecule has 1 N–H and O–H groups in total. The second kappa shape index (κ2) is 6.80. The Morgan fingerprint density at radius 2 is 2.10 bits per heavy atom. The minimum absolute atomic E-state index is 0.290. The van der Waals surface area contributed by atoms with Crippen molar-refractivity contribution in [2.45, 2.75) is 4.90 Å². The normalized spacial score (nSPS) is 10.4. The standard InChI is InChI=1S/C13H9BrCl2N2OS/c1-20-8-2-3-11(15)9(5-8)13(19)18-7-4-10(14)12(16)17-6-7/h2-6H,1H3,(H,18,19). The van der Waals surface area contributed by atoms with Crippen molar-refractivity contribution in [1.29, 1.82) is 0 Å². The van der Waals surface area contributed by atoms with Crippen LogP contribution in [0.4, 0.5) is 5.69 Å². The first kappa shape index (κ1) is 15.6. The highest BCUT2D eigenvalue weighted by Crippen LogP contribution is 2.26. The lowest BCUT2D eigenvalue weighted by Gasteiger charge is -2.08. The van der Waals surface area contributed by atoms with Crippen LogP contribution in [-0.4, -0.2) is 17.1 Å². The first-order chi connectivity index (χ1) is 9.51. The zero-order valence-corrected chi connectivity index (χ0v) is 14.2. The number of rotatable bonds is 3. The number of nitrogens with one attached hydrogen (secondary N) is 1. The van der Waals surface area contributed by atoms with E-state index >= 15 is 0 Å². The van der Waals surface area contributed by atoms with E-state index in [0.717, 1.165) is 4.90 Å². The van der Waals surface area contributed by atoms with Gasteiger partial charge >= 0.3 is 0 Å². The molecule has 3 nitrogen and oxygen atoms in total. The highest BCUT2D eigenvalue weighted by molar-refractivity contribution is 9.10. The lowest BCUT2D eigenvalue weighted by molar-refractivity contribution is 0.102. The minimum Gasteiger partial charge on any atom is -0.321 e. The summed E-state index contributed by atoms with van der Waals surface area (Å²) in [6.07, 6.45) is 3.42. The van der Waals surface area contributed by atoms with E-state index in [9.17, 15) is 4.79 Å². The molecule has 1 aromatic heterocycles. The third-order valence-corrected chi connectivity index (χ3v) is 4.66. The van der Waals surface area contributed by atoms with Crippen molar-refractivity contribution in [3.63, 3.8) is 0 Å². The molecule has 0 saturated heterocycles. The Morgan fingerprint density at radius 3 is 2.75 bits per heavy atom. The summed E-state index contributed by atoms with van der Waals surface area (Å²) in [5.74, 6) is -0.290. The maximum atomic E-state index is 12.2. The van der Waals surface area contributed by atoms with Crippen molar-refractivity contribution in [3.8, 4) is 0 Å². The minimum atomic E-state index is -0.290. The summed E-state index contributed by atoms with van der Waals surface area (Å²) in [6, 6.07) is 7.00. The molecule has 7 heteroatoms. The van der Waals surface area contributed by atoms with Crippen LogP contribution in [0.25, 0.3) is 0 Å².